The fraction of sp³-hybridized carbons (Fsp3) is 0.263. The van der Waals surface area contributed by atoms with Gasteiger partial charge in [-0.1, -0.05) is 18.2 Å². The SMILES string of the molecule is CC(=O)N(CC(=O)Nc1ccc(N(C)C)cc1)Cc1ccccc1F. The van der Waals surface area contributed by atoms with Crippen LogP contribution in [0.1, 0.15) is 12.5 Å². The number of carbonyl (C=O) groups excluding carboxylic acids is 2. The Morgan fingerprint density at radius 2 is 1.68 bits per heavy atom. The average Bonchev–Trinajstić information content (AvgIpc) is 2.56. The van der Waals surface area contributed by atoms with E-state index in [9.17, 15) is 14.0 Å². The molecule has 0 saturated heterocycles. The van der Waals surface area contributed by atoms with Crippen LogP contribution in [-0.2, 0) is 16.1 Å². The lowest BCUT2D eigenvalue weighted by molar-refractivity contribution is -0.133. The first-order valence-corrected chi connectivity index (χ1v) is 7.93. The summed E-state index contributed by atoms with van der Waals surface area (Å²) in [5, 5.41) is 2.75. The molecule has 2 amide bonds. The second-order valence-electron chi connectivity index (χ2n) is 5.96. The van der Waals surface area contributed by atoms with Crippen molar-refractivity contribution < 1.29 is 14.0 Å². The van der Waals surface area contributed by atoms with Crippen LogP contribution in [0.2, 0.25) is 0 Å². The van der Waals surface area contributed by atoms with Crippen molar-refractivity contribution in [3.05, 3.63) is 59.9 Å². The maximum atomic E-state index is 13.8. The molecule has 0 fully saturated rings. The zero-order valence-corrected chi connectivity index (χ0v) is 14.6. The largest absolute Gasteiger partial charge is 0.378 e. The van der Waals surface area contributed by atoms with Gasteiger partial charge < -0.3 is 15.1 Å². The van der Waals surface area contributed by atoms with Crippen molar-refractivity contribution in [1.29, 1.82) is 0 Å². The summed E-state index contributed by atoms with van der Waals surface area (Å²) in [4.78, 5) is 27.3. The summed E-state index contributed by atoms with van der Waals surface area (Å²) < 4.78 is 13.8. The molecule has 1 N–H and O–H groups in total. The van der Waals surface area contributed by atoms with Crippen LogP contribution in [0.25, 0.3) is 0 Å². The summed E-state index contributed by atoms with van der Waals surface area (Å²) >= 11 is 0. The molecule has 5 nitrogen and oxygen atoms in total. The normalized spacial score (nSPS) is 10.2. The number of halogens is 1. The highest BCUT2D eigenvalue weighted by molar-refractivity contribution is 5.94. The van der Waals surface area contributed by atoms with Crippen LogP contribution in [0.3, 0.4) is 0 Å². The molecule has 2 aromatic carbocycles. The van der Waals surface area contributed by atoms with Crippen LogP contribution >= 0.6 is 0 Å². The molecule has 0 heterocycles. The van der Waals surface area contributed by atoms with E-state index in [1.54, 1.807) is 30.3 Å². The van der Waals surface area contributed by atoms with Crippen LogP contribution in [0.15, 0.2) is 48.5 Å². The highest BCUT2D eigenvalue weighted by atomic mass is 19.1. The third-order valence-electron chi connectivity index (χ3n) is 3.77. The predicted molar refractivity (Wildman–Crippen MR) is 96.9 cm³/mol. The molecule has 0 saturated carbocycles. The van der Waals surface area contributed by atoms with Crippen LogP contribution in [0, 0.1) is 5.82 Å². The van der Waals surface area contributed by atoms with Crippen molar-refractivity contribution in [1.82, 2.24) is 4.90 Å². The number of nitrogens with one attached hydrogen (secondary N) is 1. The molecule has 0 bridgehead atoms. The number of anilines is 2. The number of nitrogens with zero attached hydrogens (tertiary/aromatic N) is 2. The molecule has 0 aromatic heterocycles. The minimum Gasteiger partial charge on any atom is -0.378 e. The standard InChI is InChI=1S/C19H22FN3O2/c1-14(24)23(12-15-6-4-5-7-18(15)20)13-19(25)21-16-8-10-17(11-9-16)22(2)3/h4-11H,12-13H2,1-3H3,(H,21,25). The van der Waals surface area contributed by atoms with Crippen LogP contribution < -0.4 is 10.2 Å². The lowest BCUT2D eigenvalue weighted by Crippen LogP contribution is -2.36. The Balaban J connectivity index is 2.00. The second kappa shape index (κ2) is 8.28. The monoisotopic (exact) mass is 343 g/mol. The fourth-order valence-corrected chi connectivity index (χ4v) is 2.33. The van der Waals surface area contributed by atoms with Gasteiger partial charge in [0.1, 0.15) is 12.4 Å². The first-order chi connectivity index (χ1) is 11.9. The van der Waals surface area contributed by atoms with Gasteiger partial charge in [0.15, 0.2) is 0 Å². The van der Waals surface area contributed by atoms with Gasteiger partial charge in [-0.25, -0.2) is 4.39 Å². The number of rotatable bonds is 6. The number of amides is 2. The van der Waals surface area contributed by atoms with E-state index >= 15 is 0 Å². The van der Waals surface area contributed by atoms with Gasteiger partial charge in [0.25, 0.3) is 0 Å². The average molecular weight is 343 g/mol. The number of benzene rings is 2. The van der Waals surface area contributed by atoms with E-state index in [0.717, 1.165) is 5.69 Å². The lowest BCUT2D eigenvalue weighted by atomic mass is 10.2. The molecule has 0 spiro atoms. The Hall–Kier alpha value is -2.89. The van der Waals surface area contributed by atoms with E-state index in [4.69, 9.17) is 0 Å². The zero-order valence-electron chi connectivity index (χ0n) is 14.6. The Labute approximate surface area is 147 Å². The summed E-state index contributed by atoms with van der Waals surface area (Å²) in [6.45, 7) is 1.27. The van der Waals surface area contributed by atoms with E-state index in [-0.39, 0.29) is 24.9 Å². The van der Waals surface area contributed by atoms with Gasteiger partial charge in [-0.2, -0.15) is 0 Å². The molecule has 25 heavy (non-hydrogen) atoms. The first kappa shape index (κ1) is 18.4. The number of hydrogen-bond acceptors (Lipinski definition) is 3. The van der Waals surface area contributed by atoms with Gasteiger partial charge in [-0.05, 0) is 30.3 Å². The van der Waals surface area contributed by atoms with Gasteiger partial charge in [-0.15, -0.1) is 0 Å². The fourth-order valence-electron chi connectivity index (χ4n) is 2.33. The summed E-state index contributed by atoms with van der Waals surface area (Å²) in [6.07, 6.45) is 0. The maximum absolute atomic E-state index is 13.8. The molecule has 132 valence electrons. The quantitative estimate of drug-likeness (QED) is 0.877. The minimum absolute atomic E-state index is 0.0506. The molecule has 0 aliphatic rings. The van der Waals surface area contributed by atoms with Crippen molar-refractivity contribution in [2.45, 2.75) is 13.5 Å². The zero-order chi connectivity index (χ0) is 18.4. The highest BCUT2D eigenvalue weighted by Crippen LogP contribution is 2.16. The van der Waals surface area contributed by atoms with E-state index < -0.39 is 5.82 Å². The van der Waals surface area contributed by atoms with E-state index in [1.807, 2.05) is 31.1 Å². The molecule has 2 aromatic rings. The van der Waals surface area contributed by atoms with Gasteiger partial charge >= 0.3 is 0 Å². The van der Waals surface area contributed by atoms with Crippen molar-refractivity contribution in [2.75, 3.05) is 30.9 Å². The Bertz CT molecular complexity index is 745. The first-order valence-electron chi connectivity index (χ1n) is 7.93. The van der Waals surface area contributed by atoms with Crippen LogP contribution in [-0.4, -0.2) is 37.4 Å². The molecular weight excluding hydrogens is 321 g/mol. The van der Waals surface area contributed by atoms with Crippen molar-refractivity contribution in [3.8, 4) is 0 Å². The topological polar surface area (TPSA) is 52.7 Å². The minimum atomic E-state index is -0.395. The molecule has 0 aliphatic heterocycles. The highest BCUT2D eigenvalue weighted by Gasteiger charge is 2.16. The van der Waals surface area contributed by atoms with Crippen molar-refractivity contribution >= 4 is 23.2 Å². The van der Waals surface area contributed by atoms with Crippen molar-refractivity contribution in [3.63, 3.8) is 0 Å². The van der Waals surface area contributed by atoms with Gasteiger partial charge in [0, 0.05) is 44.5 Å². The van der Waals surface area contributed by atoms with Gasteiger partial charge in [-0.3, -0.25) is 9.59 Å². The summed E-state index contributed by atoms with van der Waals surface area (Å²) in [5.74, 6) is -1.01. The van der Waals surface area contributed by atoms with Crippen molar-refractivity contribution in [2.24, 2.45) is 0 Å². The maximum Gasteiger partial charge on any atom is 0.244 e. The molecule has 0 radical (unpaired) electrons. The summed E-state index contributed by atoms with van der Waals surface area (Å²) in [6, 6.07) is 13.6. The lowest BCUT2D eigenvalue weighted by Gasteiger charge is -2.21. The van der Waals surface area contributed by atoms with E-state index in [1.165, 1.54) is 17.9 Å². The summed E-state index contributed by atoms with van der Waals surface area (Å²) in [5.41, 5.74) is 2.04. The molecule has 0 unspecified atom stereocenters. The van der Waals surface area contributed by atoms with Gasteiger partial charge in [0.2, 0.25) is 11.8 Å². The number of carbonyl (C=O) groups is 2. The molecule has 2 rings (SSSR count). The van der Waals surface area contributed by atoms with Crippen LogP contribution in [0.4, 0.5) is 15.8 Å². The van der Waals surface area contributed by atoms with Crippen LogP contribution in [0.5, 0.6) is 0 Å². The number of hydrogen-bond donors (Lipinski definition) is 1. The summed E-state index contributed by atoms with van der Waals surface area (Å²) in [7, 11) is 3.86. The Kier molecular flexibility index (Phi) is 6.11. The smallest absolute Gasteiger partial charge is 0.244 e. The molecule has 6 heteroatoms. The molecule has 0 atom stereocenters. The Morgan fingerprint density at radius 1 is 1.04 bits per heavy atom. The second-order valence-corrected chi connectivity index (χ2v) is 5.96. The molecule has 0 aliphatic carbocycles. The predicted octanol–water partition coefficient (Wildman–Crippen LogP) is 2.88. The third-order valence-corrected chi connectivity index (χ3v) is 3.77. The van der Waals surface area contributed by atoms with Gasteiger partial charge in [0.05, 0.1) is 0 Å². The molecular formula is C19H22FN3O2. The third kappa shape index (κ3) is 5.31. The Morgan fingerprint density at radius 3 is 2.24 bits per heavy atom. The van der Waals surface area contributed by atoms with E-state index in [0.29, 0.717) is 11.3 Å². The van der Waals surface area contributed by atoms with E-state index in [2.05, 4.69) is 5.32 Å².